The molecule has 0 spiro atoms. The molecule has 11 nitrogen and oxygen atoms in total. The molecule has 1 aromatic heterocycles. The third-order valence-corrected chi connectivity index (χ3v) is 7.81. The fraction of sp³-hybridized carbons (Fsp3) is 0.600. The highest BCUT2D eigenvalue weighted by Gasteiger charge is 2.43. The van der Waals surface area contributed by atoms with E-state index in [9.17, 15) is 14.4 Å². The Morgan fingerprint density at radius 3 is 2.41 bits per heavy atom. The first-order valence-corrected chi connectivity index (χ1v) is 14.6. The molecule has 3 heterocycles. The number of ketones is 2. The number of nitrogens with zero attached hydrogens (tertiary/aromatic N) is 2. The maximum Gasteiger partial charge on any atom is 0.317 e. The molecule has 2 aliphatic heterocycles. The van der Waals surface area contributed by atoms with E-state index < -0.39 is 35.9 Å². The summed E-state index contributed by atoms with van der Waals surface area (Å²) in [6.45, 7) is 5.46. The predicted molar refractivity (Wildman–Crippen MR) is 154 cm³/mol. The fourth-order valence-corrected chi connectivity index (χ4v) is 5.45. The van der Waals surface area contributed by atoms with E-state index in [1.54, 1.807) is 11.1 Å². The molecule has 1 aromatic carbocycles. The second-order valence-corrected chi connectivity index (χ2v) is 11.8. The zero-order valence-corrected chi connectivity index (χ0v) is 24.1. The van der Waals surface area contributed by atoms with Crippen molar-refractivity contribution >= 4 is 17.6 Å². The van der Waals surface area contributed by atoms with Crippen LogP contribution in [0.25, 0.3) is 0 Å². The summed E-state index contributed by atoms with van der Waals surface area (Å²) >= 11 is 0. The van der Waals surface area contributed by atoms with Crippen molar-refractivity contribution < 1.29 is 23.9 Å². The van der Waals surface area contributed by atoms with Crippen molar-refractivity contribution in [3.63, 3.8) is 0 Å². The summed E-state index contributed by atoms with van der Waals surface area (Å²) in [5.41, 5.74) is 13.5. The lowest BCUT2D eigenvalue weighted by Crippen LogP contribution is -2.53. The third-order valence-electron chi connectivity index (χ3n) is 7.81. The highest BCUT2D eigenvalue weighted by Crippen LogP contribution is 2.31. The number of nitrogens with one attached hydrogen (secondary N) is 2. The number of carbonyl (C=O) groups is 3. The van der Waals surface area contributed by atoms with Crippen molar-refractivity contribution in [2.45, 2.75) is 88.8 Å². The Kier molecular flexibility index (Phi) is 10.7. The van der Waals surface area contributed by atoms with Crippen molar-refractivity contribution in [2.24, 2.45) is 17.4 Å². The second-order valence-electron chi connectivity index (χ2n) is 11.8. The molecule has 0 bridgehead atoms. The van der Waals surface area contributed by atoms with Crippen LogP contribution in [0.4, 0.5) is 4.79 Å². The number of rotatable bonds is 13. The van der Waals surface area contributed by atoms with Gasteiger partial charge in [-0.1, -0.05) is 30.3 Å². The average Bonchev–Trinajstić information content (AvgIpc) is 3.62. The number of imidazole rings is 1. The Morgan fingerprint density at radius 2 is 1.78 bits per heavy atom. The number of carbonyl (C=O) groups excluding carboxylic acids is 3. The molecule has 2 aliphatic rings. The Hall–Kier alpha value is -3.12. The van der Waals surface area contributed by atoms with Gasteiger partial charge in [0.1, 0.15) is 0 Å². The van der Waals surface area contributed by atoms with E-state index in [0.29, 0.717) is 32.5 Å². The molecule has 5 atom stereocenters. The molecule has 0 saturated carbocycles. The number of H-pyrrole nitrogens is 1. The maximum absolute atomic E-state index is 14.2. The number of benzene rings is 1. The topological polar surface area (TPSA) is 166 Å². The van der Waals surface area contributed by atoms with Crippen molar-refractivity contribution in [2.75, 3.05) is 19.7 Å². The number of aromatic amines is 1. The molecule has 2 fully saturated rings. The number of hydrogen-bond acceptors (Lipinski definition) is 8. The van der Waals surface area contributed by atoms with E-state index in [-0.39, 0.29) is 30.4 Å². The van der Waals surface area contributed by atoms with Gasteiger partial charge in [0.25, 0.3) is 0 Å². The highest BCUT2D eigenvalue weighted by atomic mass is 16.7. The molecule has 224 valence electrons. The normalized spacial score (nSPS) is 21.6. The quantitative estimate of drug-likeness (QED) is 0.285. The van der Waals surface area contributed by atoms with E-state index >= 15 is 0 Å². The molecule has 2 amide bonds. The maximum atomic E-state index is 14.2. The number of urea groups is 1. The Morgan fingerprint density at radius 1 is 1.05 bits per heavy atom. The molecule has 11 heteroatoms. The van der Waals surface area contributed by atoms with Gasteiger partial charge >= 0.3 is 6.03 Å². The Balaban J connectivity index is 1.49. The van der Waals surface area contributed by atoms with E-state index in [0.717, 1.165) is 30.5 Å². The number of hydrogen-bond donors (Lipinski definition) is 4. The van der Waals surface area contributed by atoms with Crippen LogP contribution in [0.15, 0.2) is 42.9 Å². The summed E-state index contributed by atoms with van der Waals surface area (Å²) in [6, 6.07) is 6.87. The fourth-order valence-electron chi connectivity index (χ4n) is 5.45. The van der Waals surface area contributed by atoms with Crippen LogP contribution in [0.1, 0.15) is 57.2 Å². The van der Waals surface area contributed by atoms with E-state index in [1.165, 1.54) is 6.33 Å². The first-order valence-electron chi connectivity index (χ1n) is 14.6. The molecule has 3 unspecified atom stereocenters. The number of amides is 2. The summed E-state index contributed by atoms with van der Waals surface area (Å²) in [4.78, 5) is 49.1. The van der Waals surface area contributed by atoms with Gasteiger partial charge < -0.3 is 36.1 Å². The van der Waals surface area contributed by atoms with Gasteiger partial charge in [-0.05, 0) is 57.9 Å². The minimum absolute atomic E-state index is 0.205. The summed E-state index contributed by atoms with van der Waals surface area (Å²) in [5.74, 6) is -1.24. The van der Waals surface area contributed by atoms with Crippen LogP contribution < -0.4 is 16.8 Å². The zero-order valence-electron chi connectivity index (χ0n) is 24.1. The van der Waals surface area contributed by atoms with Crippen LogP contribution in [0.5, 0.6) is 0 Å². The number of ether oxygens (including phenoxy) is 2. The number of Topliss-reactive ketones (excluding diaryl/α,β-unsaturated/α-hetero) is 2. The average molecular weight is 569 g/mol. The second kappa shape index (κ2) is 14.2. The summed E-state index contributed by atoms with van der Waals surface area (Å²) < 4.78 is 12.1. The van der Waals surface area contributed by atoms with Crippen LogP contribution in [0.3, 0.4) is 0 Å². The Labute approximate surface area is 241 Å². The lowest BCUT2D eigenvalue weighted by molar-refractivity contribution is -0.149. The van der Waals surface area contributed by atoms with Gasteiger partial charge in [0.2, 0.25) is 0 Å². The minimum atomic E-state index is -0.867. The van der Waals surface area contributed by atoms with Gasteiger partial charge in [-0.3, -0.25) is 9.59 Å². The number of aromatic nitrogens is 2. The van der Waals surface area contributed by atoms with Crippen LogP contribution in [-0.4, -0.2) is 82.2 Å². The van der Waals surface area contributed by atoms with E-state index in [1.807, 2.05) is 44.2 Å². The van der Waals surface area contributed by atoms with Crippen LogP contribution in [-0.2, 0) is 31.9 Å². The van der Waals surface area contributed by atoms with Gasteiger partial charge in [-0.25, -0.2) is 9.78 Å². The molecular weight excluding hydrogens is 524 g/mol. The van der Waals surface area contributed by atoms with Gasteiger partial charge in [0.05, 0.1) is 42.6 Å². The number of piperidine rings is 1. The van der Waals surface area contributed by atoms with Crippen LogP contribution in [0.2, 0.25) is 0 Å². The van der Waals surface area contributed by atoms with Crippen molar-refractivity contribution in [1.82, 2.24) is 20.2 Å². The van der Waals surface area contributed by atoms with Crippen molar-refractivity contribution in [3.05, 3.63) is 54.1 Å². The lowest BCUT2D eigenvalue weighted by Gasteiger charge is -2.31. The highest BCUT2D eigenvalue weighted by molar-refractivity contribution is 5.91. The molecule has 4 rings (SSSR count). The van der Waals surface area contributed by atoms with Crippen molar-refractivity contribution in [3.8, 4) is 0 Å². The molecule has 0 radical (unpaired) electrons. The van der Waals surface area contributed by atoms with Crippen molar-refractivity contribution in [1.29, 1.82) is 0 Å². The van der Waals surface area contributed by atoms with E-state index in [2.05, 4.69) is 15.3 Å². The predicted octanol–water partition coefficient (Wildman–Crippen LogP) is 2.10. The van der Waals surface area contributed by atoms with Gasteiger partial charge in [0.15, 0.2) is 17.9 Å². The SMILES string of the molecule is CC1(C)COC(C(CCC(N)C(=O)[C@@H](N)Cc2cnc[nH]2)C(=O)[C@H](Cc2ccccc2)NC(=O)N2CCCCC2)O1. The molecule has 2 saturated heterocycles. The number of nitrogens with two attached hydrogens (primary N) is 2. The largest absolute Gasteiger partial charge is 0.349 e. The lowest BCUT2D eigenvalue weighted by atomic mass is 9.87. The molecular formula is C30H44N6O5. The monoisotopic (exact) mass is 568 g/mol. The smallest absolute Gasteiger partial charge is 0.317 e. The summed E-state index contributed by atoms with van der Waals surface area (Å²) in [7, 11) is 0. The standard InChI is InChI=1S/C30H44N6O5/c1-30(2)18-40-28(41-30)22(11-12-23(31)27(38)24(32)16-21-17-33-19-34-21)26(37)25(15-20-9-5-3-6-10-20)35-29(39)36-13-7-4-8-14-36/h3,5-6,9-10,17,19,22-25,28H,4,7-8,11-16,18,31-32H2,1-2H3,(H,33,34)(H,35,39)/t22?,23?,24-,25-,28?/m0/s1. The molecule has 41 heavy (non-hydrogen) atoms. The molecule has 2 aromatic rings. The minimum Gasteiger partial charge on any atom is -0.349 e. The molecule has 0 aliphatic carbocycles. The van der Waals surface area contributed by atoms with Gasteiger partial charge in [-0.2, -0.15) is 0 Å². The van der Waals surface area contributed by atoms with E-state index in [4.69, 9.17) is 20.9 Å². The molecule has 6 N–H and O–H groups in total. The first-order chi connectivity index (χ1) is 19.6. The summed E-state index contributed by atoms with van der Waals surface area (Å²) in [5, 5.41) is 3.01. The van der Waals surface area contributed by atoms with Crippen LogP contribution >= 0.6 is 0 Å². The third kappa shape index (κ3) is 8.68. The Bertz CT molecular complexity index is 1140. The zero-order chi connectivity index (χ0) is 29.4. The van der Waals surface area contributed by atoms with Crippen LogP contribution in [0, 0.1) is 5.92 Å². The summed E-state index contributed by atoms with van der Waals surface area (Å²) in [6.07, 6.45) is 6.39. The number of likely N-dealkylation sites (tertiary alicyclic amines) is 1. The van der Waals surface area contributed by atoms with Gasteiger partial charge in [0, 0.05) is 31.4 Å². The van der Waals surface area contributed by atoms with Gasteiger partial charge in [-0.15, -0.1) is 0 Å². The first kappa shape index (κ1) is 30.8.